The van der Waals surface area contributed by atoms with Crippen molar-refractivity contribution < 1.29 is 27.9 Å². The highest BCUT2D eigenvalue weighted by Crippen LogP contribution is 2.39. The monoisotopic (exact) mass is 503 g/mol. The Morgan fingerprint density at radius 2 is 1.78 bits per heavy atom. The number of rotatable bonds is 7. The topological polar surface area (TPSA) is 81.7 Å². The van der Waals surface area contributed by atoms with Gasteiger partial charge in [0.05, 0.1) is 23.8 Å². The van der Waals surface area contributed by atoms with Crippen LogP contribution in [0.1, 0.15) is 59.7 Å². The second-order valence-corrected chi connectivity index (χ2v) is 9.80. The van der Waals surface area contributed by atoms with Gasteiger partial charge >= 0.3 is 6.18 Å². The van der Waals surface area contributed by atoms with Gasteiger partial charge in [-0.05, 0) is 61.4 Å². The van der Waals surface area contributed by atoms with E-state index >= 15 is 0 Å². The lowest BCUT2D eigenvalue weighted by Gasteiger charge is -2.48. The molecule has 0 aromatic heterocycles. The van der Waals surface area contributed by atoms with Crippen molar-refractivity contribution in [1.82, 2.24) is 15.5 Å². The summed E-state index contributed by atoms with van der Waals surface area (Å²) in [7, 11) is 0. The van der Waals surface area contributed by atoms with Gasteiger partial charge in [-0.25, -0.2) is 0 Å². The first-order valence-corrected chi connectivity index (χ1v) is 12.4. The first-order chi connectivity index (χ1) is 17.1. The van der Waals surface area contributed by atoms with Crippen LogP contribution in [0.5, 0.6) is 0 Å². The molecule has 0 bridgehead atoms. The number of halogens is 3. The molecule has 3 N–H and O–H groups in total. The van der Waals surface area contributed by atoms with Gasteiger partial charge in [-0.2, -0.15) is 13.2 Å². The summed E-state index contributed by atoms with van der Waals surface area (Å²) >= 11 is 0. The molecule has 2 aromatic carbocycles. The molecule has 194 valence electrons. The largest absolute Gasteiger partial charge is 0.416 e. The van der Waals surface area contributed by atoms with Gasteiger partial charge in [0.15, 0.2) is 0 Å². The van der Waals surface area contributed by atoms with Gasteiger partial charge in [-0.3, -0.25) is 14.5 Å². The molecule has 2 fully saturated rings. The molecule has 4 rings (SSSR count). The third-order valence-corrected chi connectivity index (χ3v) is 7.31. The first-order valence-electron chi connectivity index (χ1n) is 12.4. The third-order valence-electron chi connectivity index (χ3n) is 7.31. The molecule has 36 heavy (non-hydrogen) atoms. The van der Waals surface area contributed by atoms with E-state index in [1.807, 2.05) is 12.1 Å². The number of carbonyl (C=O) groups is 2. The molecule has 1 saturated carbocycles. The molecule has 9 heteroatoms. The Kier molecular flexibility index (Phi) is 7.70. The number of nitrogens with one attached hydrogen (secondary N) is 2. The number of aliphatic hydroxyl groups is 1. The summed E-state index contributed by atoms with van der Waals surface area (Å²) in [6.07, 6.45) is -0.468. The van der Waals surface area contributed by atoms with Gasteiger partial charge in [0.1, 0.15) is 0 Å². The van der Waals surface area contributed by atoms with Crippen LogP contribution in [0.25, 0.3) is 0 Å². The molecule has 2 aliphatic rings. The lowest BCUT2D eigenvalue weighted by Crippen LogP contribution is -2.63. The molecule has 2 aromatic rings. The van der Waals surface area contributed by atoms with E-state index < -0.39 is 23.2 Å². The van der Waals surface area contributed by atoms with E-state index in [1.165, 1.54) is 11.6 Å². The molecule has 0 atom stereocenters. The van der Waals surface area contributed by atoms with Crippen LogP contribution in [0.4, 0.5) is 13.2 Å². The molecular weight excluding hydrogens is 471 g/mol. The van der Waals surface area contributed by atoms with E-state index in [9.17, 15) is 27.9 Å². The van der Waals surface area contributed by atoms with Gasteiger partial charge in [0.2, 0.25) is 5.91 Å². The minimum atomic E-state index is -4.54. The Labute approximate surface area is 208 Å². The zero-order valence-electron chi connectivity index (χ0n) is 20.3. The lowest BCUT2D eigenvalue weighted by atomic mass is 9.76. The average Bonchev–Trinajstić information content (AvgIpc) is 2.85. The molecule has 0 spiro atoms. The number of hydrogen-bond donors (Lipinski definition) is 3. The summed E-state index contributed by atoms with van der Waals surface area (Å²) in [6, 6.07) is 12.6. The zero-order valence-corrected chi connectivity index (χ0v) is 20.3. The highest BCUT2D eigenvalue weighted by molar-refractivity contribution is 5.96. The van der Waals surface area contributed by atoms with Crippen LogP contribution in [0.15, 0.2) is 48.5 Å². The van der Waals surface area contributed by atoms with E-state index in [2.05, 4.69) is 34.6 Å². The molecule has 0 radical (unpaired) electrons. The van der Waals surface area contributed by atoms with Crippen LogP contribution >= 0.6 is 0 Å². The minimum Gasteiger partial charge on any atom is -0.385 e. The summed E-state index contributed by atoms with van der Waals surface area (Å²) < 4.78 is 38.5. The number of likely N-dealkylation sites (tertiary alicyclic amines) is 1. The maximum absolute atomic E-state index is 12.8. The normalized spacial score (nSPS) is 23.1. The zero-order chi connectivity index (χ0) is 25.9. The van der Waals surface area contributed by atoms with Crippen molar-refractivity contribution in [2.75, 3.05) is 19.6 Å². The second-order valence-electron chi connectivity index (χ2n) is 9.80. The standard InChI is InChI=1S/C27H32F3N3O3/c1-2-18-5-3-7-20(13-18)26(36)11-9-23(10-12-26)33-16-22(17-33)32-24(34)15-31-25(35)19-6-4-8-21(14-19)27(28,29)30/h3-8,13-14,22-23,36H,2,9-12,15-17H2,1H3,(H,31,35)(H,32,34)/t23-,26-. The Hall–Kier alpha value is -2.91. The average molecular weight is 504 g/mol. The Morgan fingerprint density at radius 1 is 1.08 bits per heavy atom. The van der Waals surface area contributed by atoms with E-state index in [4.69, 9.17) is 0 Å². The fourth-order valence-corrected chi connectivity index (χ4v) is 5.09. The third kappa shape index (κ3) is 6.07. The van der Waals surface area contributed by atoms with Crippen molar-refractivity contribution >= 4 is 11.8 Å². The number of hydrogen-bond acceptors (Lipinski definition) is 4. The van der Waals surface area contributed by atoms with E-state index in [-0.39, 0.29) is 24.1 Å². The molecule has 1 heterocycles. The van der Waals surface area contributed by atoms with Crippen LogP contribution in [0.3, 0.4) is 0 Å². The maximum Gasteiger partial charge on any atom is 0.416 e. The minimum absolute atomic E-state index is 0.0370. The Morgan fingerprint density at radius 3 is 2.44 bits per heavy atom. The summed E-state index contributed by atoms with van der Waals surface area (Å²) in [6.45, 7) is 3.19. The highest BCUT2D eigenvalue weighted by atomic mass is 19.4. The number of amides is 2. The van der Waals surface area contributed by atoms with Gasteiger partial charge in [0.25, 0.3) is 5.91 Å². The fraction of sp³-hybridized carbons (Fsp3) is 0.481. The van der Waals surface area contributed by atoms with Crippen molar-refractivity contribution in [3.63, 3.8) is 0 Å². The number of aryl methyl sites for hydroxylation is 1. The molecule has 2 amide bonds. The lowest BCUT2D eigenvalue weighted by molar-refractivity contribution is -0.137. The SMILES string of the molecule is CCc1cccc([C@]2(O)CC[C@H](N3CC(NC(=O)CNC(=O)c4cccc(C(F)(F)F)c4)C3)CC2)c1. The molecule has 0 unspecified atom stereocenters. The van der Waals surface area contributed by atoms with Gasteiger partial charge < -0.3 is 15.7 Å². The quantitative estimate of drug-likeness (QED) is 0.539. The predicted molar refractivity (Wildman–Crippen MR) is 129 cm³/mol. The van der Waals surface area contributed by atoms with Crippen LogP contribution in [-0.2, 0) is 23.0 Å². The van der Waals surface area contributed by atoms with Crippen molar-refractivity contribution in [3.8, 4) is 0 Å². The van der Waals surface area contributed by atoms with Crippen LogP contribution in [-0.4, -0.2) is 53.5 Å². The van der Waals surface area contributed by atoms with Crippen molar-refractivity contribution in [3.05, 3.63) is 70.8 Å². The van der Waals surface area contributed by atoms with Gasteiger partial charge in [0, 0.05) is 24.7 Å². The smallest absolute Gasteiger partial charge is 0.385 e. The highest BCUT2D eigenvalue weighted by Gasteiger charge is 2.40. The summed E-state index contributed by atoms with van der Waals surface area (Å²) in [5.41, 5.74) is 0.352. The summed E-state index contributed by atoms with van der Waals surface area (Å²) in [5, 5.41) is 16.4. The van der Waals surface area contributed by atoms with Crippen LogP contribution in [0.2, 0.25) is 0 Å². The predicted octanol–water partition coefficient (Wildman–Crippen LogP) is 3.63. The van der Waals surface area contributed by atoms with Crippen molar-refractivity contribution in [2.45, 2.75) is 62.9 Å². The molecule has 6 nitrogen and oxygen atoms in total. The van der Waals surface area contributed by atoms with Crippen molar-refractivity contribution in [1.29, 1.82) is 0 Å². The van der Waals surface area contributed by atoms with E-state index in [0.29, 0.717) is 32.0 Å². The van der Waals surface area contributed by atoms with Crippen LogP contribution < -0.4 is 10.6 Å². The number of nitrogens with zero attached hydrogens (tertiary/aromatic N) is 1. The van der Waals surface area contributed by atoms with E-state index in [0.717, 1.165) is 43.0 Å². The number of benzene rings is 2. The Balaban J connectivity index is 1.18. The Bertz CT molecular complexity index is 1090. The van der Waals surface area contributed by atoms with Crippen molar-refractivity contribution in [2.24, 2.45) is 0 Å². The molecule has 1 aliphatic carbocycles. The summed E-state index contributed by atoms with van der Waals surface area (Å²) in [4.78, 5) is 26.7. The van der Waals surface area contributed by atoms with Gasteiger partial charge in [-0.1, -0.05) is 37.3 Å². The van der Waals surface area contributed by atoms with E-state index in [1.54, 1.807) is 0 Å². The van der Waals surface area contributed by atoms with Crippen LogP contribution in [0, 0.1) is 0 Å². The molecule has 1 saturated heterocycles. The summed E-state index contributed by atoms with van der Waals surface area (Å²) in [5.74, 6) is -1.11. The van der Waals surface area contributed by atoms with Gasteiger partial charge in [-0.15, -0.1) is 0 Å². The maximum atomic E-state index is 12.8. The molecule has 1 aliphatic heterocycles. The number of alkyl halides is 3. The number of carbonyl (C=O) groups excluding carboxylic acids is 2. The first kappa shape index (κ1) is 26.2. The second kappa shape index (κ2) is 10.6. The fourth-order valence-electron chi connectivity index (χ4n) is 5.09. The molecular formula is C27H32F3N3O3.